The predicted octanol–water partition coefficient (Wildman–Crippen LogP) is 6.53. The third-order valence-electron chi connectivity index (χ3n) is 5.07. The van der Waals surface area contributed by atoms with Gasteiger partial charge in [0.1, 0.15) is 5.82 Å². The standard InChI is InChI=1S/C20H22ClF/c1-20(2)11-5-7-18(20)17-12-14(13-21)9-10-15(17)16-6-3-4-8-19(16)22/h3-4,6,8-10,12,18H,5,7,11,13H2,1-2H3/t18-/m1/s1. The van der Waals surface area contributed by atoms with Crippen LogP contribution in [-0.2, 0) is 5.88 Å². The summed E-state index contributed by atoms with van der Waals surface area (Å²) in [6, 6.07) is 13.3. The van der Waals surface area contributed by atoms with Crippen LogP contribution in [0.2, 0.25) is 0 Å². The molecule has 3 rings (SSSR count). The zero-order chi connectivity index (χ0) is 15.7. The molecule has 0 spiro atoms. The molecular formula is C20H22ClF. The number of alkyl halides is 1. The van der Waals surface area contributed by atoms with E-state index in [1.165, 1.54) is 30.9 Å². The number of hydrogen-bond donors (Lipinski definition) is 0. The Morgan fingerprint density at radius 2 is 1.91 bits per heavy atom. The highest BCUT2D eigenvalue weighted by atomic mass is 35.5. The van der Waals surface area contributed by atoms with Gasteiger partial charge in [0.15, 0.2) is 0 Å². The minimum atomic E-state index is -0.154. The second-order valence-corrected chi connectivity index (χ2v) is 7.24. The summed E-state index contributed by atoms with van der Waals surface area (Å²) in [6.07, 6.45) is 3.62. The summed E-state index contributed by atoms with van der Waals surface area (Å²) in [5.41, 5.74) is 4.34. The molecule has 22 heavy (non-hydrogen) atoms. The number of rotatable bonds is 3. The van der Waals surface area contributed by atoms with Crippen LogP contribution in [0.3, 0.4) is 0 Å². The first-order valence-corrected chi connectivity index (χ1v) is 8.50. The van der Waals surface area contributed by atoms with Crippen molar-refractivity contribution in [3.8, 4) is 11.1 Å². The molecule has 0 heterocycles. The minimum Gasteiger partial charge on any atom is -0.206 e. The summed E-state index contributed by atoms with van der Waals surface area (Å²) in [4.78, 5) is 0. The zero-order valence-corrected chi connectivity index (χ0v) is 14.0. The lowest BCUT2D eigenvalue weighted by atomic mass is 9.75. The van der Waals surface area contributed by atoms with Gasteiger partial charge in [-0.3, -0.25) is 0 Å². The van der Waals surface area contributed by atoms with E-state index in [0.29, 0.717) is 17.4 Å². The van der Waals surface area contributed by atoms with Gasteiger partial charge in [0.05, 0.1) is 0 Å². The molecule has 0 unspecified atom stereocenters. The zero-order valence-electron chi connectivity index (χ0n) is 13.2. The smallest absolute Gasteiger partial charge is 0.131 e. The number of halogens is 2. The molecule has 0 aliphatic heterocycles. The molecule has 1 atom stereocenters. The highest BCUT2D eigenvalue weighted by Gasteiger charge is 2.36. The van der Waals surface area contributed by atoms with Crippen molar-refractivity contribution < 1.29 is 4.39 Å². The van der Waals surface area contributed by atoms with Gasteiger partial charge >= 0.3 is 0 Å². The van der Waals surface area contributed by atoms with Crippen LogP contribution in [0.1, 0.15) is 50.2 Å². The van der Waals surface area contributed by atoms with Crippen molar-refractivity contribution in [3.63, 3.8) is 0 Å². The maximum atomic E-state index is 14.3. The van der Waals surface area contributed by atoms with Crippen LogP contribution in [0.4, 0.5) is 4.39 Å². The Balaban J connectivity index is 2.17. The first-order chi connectivity index (χ1) is 10.5. The summed E-state index contributed by atoms with van der Waals surface area (Å²) in [5.74, 6) is 0.806. The molecule has 116 valence electrons. The van der Waals surface area contributed by atoms with Gasteiger partial charge in [0, 0.05) is 11.4 Å². The summed E-state index contributed by atoms with van der Waals surface area (Å²) < 4.78 is 14.3. The van der Waals surface area contributed by atoms with Crippen LogP contribution in [0, 0.1) is 11.2 Å². The van der Waals surface area contributed by atoms with Crippen molar-refractivity contribution in [2.24, 2.45) is 5.41 Å². The van der Waals surface area contributed by atoms with E-state index in [4.69, 9.17) is 11.6 Å². The van der Waals surface area contributed by atoms with Crippen LogP contribution in [0.25, 0.3) is 11.1 Å². The van der Waals surface area contributed by atoms with Crippen molar-refractivity contribution in [3.05, 3.63) is 59.4 Å². The van der Waals surface area contributed by atoms with E-state index in [-0.39, 0.29) is 11.2 Å². The molecule has 1 aliphatic carbocycles. The average Bonchev–Trinajstić information content (AvgIpc) is 2.86. The van der Waals surface area contributed by atoms with Crippen molar-refractivity contribution in [2.75, 3.05) is 0 Å². The van der Waals surface area contributed by atoms with Gasteiger partial charge in [0.25, 0.3) is 0 Å². The third-order valence-corrected chi connectivity index (χ3v) is 5.38. The van der Waals surface area contributed by atoms with E-state index in [9.17, 15) is 4.39 Å². The minimum absolute atomic E-state index is 0.154. The average molecular weight is 317 g/mol. The fourth-order valence-corrected chi connectivity index (χ4v) is 3.98. The van der Waals surface area contributed by atoms with E-state index in [0.717, 1.165) is 11.1 Å². The second-order valence-electron chi connectivity index (χ2n) is 6.97. The molecule has 1 fully saturated rings. The molecule has 1 saturated carbocycles. The Morgan fingerprint density at radius 3 is 2.55 bits per heavy atom. The SMILES string of the molecule is CC1(C)CCC[C@@H]1c1cc(CCl)ccc1-c1ccccc1F. The molecule has 0 aromatic heterocycles. The molecule has 0 bridgehead atoms. The van der Waals surface area contributed by atoms with Crippen molar-refractivity contribution in [1.82, 2.24) is 0 Å². The second kappa shape index (κ2) is 6.04. The summed E-state index contributed by atoms with van der Waals surface area (Å²) >= 11 is 6.03. The fraction of sp³-hybridized carbons (Fsp3) is 0.400. The van der Waals surface area contributed by atoms with Crippen LogP contribution in [-0.4, -0.2) is 0 Å². The molecule has 0 N–H and O–H groups in total. The quantitative estimate of drug-likeness (QED) is 0.565. The molecule has 0 radical (unpaired) electrons. The summed E-state index contributed by atoms with van der Waals surface area (Å²) in [7, 11) is 0. The van der Waals surface area contributed by atoms with Crippen molar-refractivity contribution in [2.45, 2.75) is 44.9 Å². The summed E-state index contributed by atoms with van der Waals surface area (Å²) in [6.45, 7) is 4.65. The van der Waals surface area contributed by atoms with Gasteiger partial charge in [0.2, 0.25) is 0 Å². The van der Waals surface area contributed by atoms with E-state index >= 15 is 0 Å². The maximum absolute atomic E-state index is 14.3. The maximum Gasteiger partial charge on any atom is 0.131 e. The molecule has 2 aromatic carbocycles. The van der Waals surface area contributed by atoms with Gasteiger partial charge in [-0.15, -0.1) is 11.6 Å². The molecular weight excluding hydrogens is 295 g/mol. The topological polar surface area (TPSA) is 0 Å². The first-order valence-electron chi connectivity index (χ1n) is 7.96. The first kappa shape index (κ1) is 15.6. The lowest BCUT2D eigenvalue weighted by Crippen LogP contribution is -2.16. The van der Waals surface area contributed by atoms with E-state index in [1.807, 2.05) is 24.3 Å². The number of benzene rings is 2. The Morgan fingerprint density at radius 1 is 1.14 bits per heavy atom. The molecule has 0 saturated heterocycles. The van der Waals surface area contributed by atoms with Crippen LogP contribution in [0.5, 0.6) is 0 Å². The Hall–Kier alpha value is -1.34. The Kier molecular flexibility index (Phi) is 4.27. The molecule has 0 nitrogen and oxygen atoms in total. The monoisotopic (exact) mass is 316 g/mol. The van der Waals surface area contributed by atoms with Gasteiger partial charge in [-0.1, -0.05) is 56.7 Å². The molecule has 2 heteroatoms. The van der Waals surface area contributed by atoms with Crippen molar-refractivity contribution in [1.29, 1.82) is 0 Å². The van der Waals surface area contributed by atoms with Gasteiger partial charge < -0.3 is 0 Å². The van der Waals surface area contributed by atoms with Crippen molar-refractivity contribution >= 4 is 11.6 Å². The van der Waals surface area contributed by atoms with Gasteiger partial charge in [-0.2, -0.15) is 0 Å². The van der Waals surface area contributed by atoms with Crippen LogP contribution in [0.15, 0.2) is 42.5 Å². The predicted molar refractivity (Wildman–Crippen MR) is 91.8 cm³/mol. The van der Waals surface area contributed by atoms with Crippen LogP contribution < -0.4 is 0 Å². The normalized spacial score (nSPS) is 20.3. The van der Waals surface area contributed by atoms with Gasteiger partial charge in [-0.05, 0) is 46.9 Å². The molecule has 0 amide bonds. The Labute approximate surface area is 137 Å². The van der Waals surface area contributed by atoms with E-state index in [1.54, 1.807) is 6.07 Å². The molecule has 1 aliphatic rings. The highest BCUT2D eigenvalue weighted by molar-refractivity contribution is 6.17. The van der Waals surface area contributed by atoms with E-state index in [2.05, 4.69) is 19.9 Å². The lowest BCUT2D eigenvalue weighted by molar-refractivity contribution is 0.332. The number of hydrogen-bond acceptors (Lipinski definition) is 0. The Bertz CT molecular complexity index is 675. The molecule has 2 aromatic rings. The van der Waals surface area contributed by atoms with Crippen LogP contribution >= 0.6 is 11.6 Å². The lowest BCUT2D eigenvalue weighted by Gasteiger charge is -2.29. The van der Waals surface area contributed by atoms with Gasteiger partial charge in [-0.25, -0.2) is 4.39 Å². The third kappa shape index (κ3) is 2.79. The summed E-state index contributed by atoms with van der Waals surface area (Å²) in [5, 5.41) is 0. The highest BCUT2D eigenvalue weighted by Crippen LogP contribution is 2.51. The fourth-order valence-electron chi connectivity index (χ4n) is 3.81. The van der Waals surface area contributed by atoms with E-state index < -0.39 is 0 Å². The largest absolute Gasteiger partial charge is 0.206 e.